The molecule has 3 atom stereocenters. The third-order valence-corrected chi connectivity index (χ3v) is 4.46. The molecular formula is C7H14O8P2. The molecule has 2 aliphatic rings. The van der Waals surface area contributed by atoms with Crippen LogP contribution in [0.3, 0.4) is 0 Å². The van der Waals surface area contributed by atoms with E-state index in [1.54, 1.807) is 0 Å². The first kappa shape index (κ1) is 13.6. The molecule has 2 fully saturated rings. The molecule has 0 spiro atoms. The predicted octanol–water partition coefficient (Wildman–Crippen LogP) is 0.374. The van der Waals surface area contributed by atoms with E-state index in [4.69, 9.17) is 19.6 Å². The average Bonchev–Trinajstić information content (AvgIpc) is 2.74. The van der Waals surface area contributed by atoms with Crippen molar-refractivity contribution in [1.29, 1.82) is 0 Å². The lowest BCUT2D eigenvalue weighted by Gasteiger charge is -2.23. The van der Waals surface area contributed by atoms with Crippen LogP contribution < -0.4 is 0 Å². The van der Waals surface area contributed by atoms with Gasteiger partial charge >= 0.3 is 15.6 Å². The molecule has 0 bridgehead atoms. The van der Waals surface area contributed by atoms with E-state index in [1.807, 2.05) is 0 Å². The molecular weight excluding hydrogens is 274 g/mol. The van der Waals surface area contributed by atoms with Crippen LogP contribution in [0.1, 0.15) is 19.3 Å². The molecule has 100 valence electrons. The summed E-state index contributed by atoms with van der Waals surface area (Å²) in [5.41, 5.74) is -0.637. The number of hydrogen-bond acceptors (Lipinski definition) is 4. The molecule has 4 N–H and O–H groups in total. The molecule has 2 rings (SSSR count). The normalized spacial score (nSPS) is 36.9. The smallest absolute Gasteiger partial charge is 0.303 e. The van der Waals surface area contributed by atoms with Crippen molar-refractivity contribution in [3.8, 4) is 0 Å². The van der Waals surface area contributed by atoms with E-state index >= 15 is 0 Å². The molecule has 0 amide bonds. The highest BCUT2D eigenvalue weighted by atomic mass is 31.2. The van der Waals surface area contributed by atoms with E-state index in [9.17, 15) is 9.13 Å². The van der Waals surface area contributed by atoms with Gasteiger partial charge in [0.05, 0.1) is 12.7 Å². The van der Waals surface area contributed by atoms with Gasteiger partial charge in [0.15, 0.2) is 0 Å². The quantitative estimate of drug-likeness (QED) is 0.533. The van der Waals surface area contributed by atoms with Crippen molar-refractivity contribution in [2.45, 2.75) is 25.4 Å². The van der Waals surface area contributed by atoms with Crippen molar-refractivity contribution in [3.05, 3.63) is 0 Å². The van der Waals surface area contributed by atoms with Gasteiger partial charge in [0.1, 0.15) is 0 Å². The lowest BCUT2D eigenvalue weighted by molar-refractivity contribution is 0.0507. The number of fused-ring (bicyclic) bond motifs is 1. The Balaban J connectivity index is 2.00. The van der Waals surface area contributed by atoms with Gasteiger partial charge in [0, 0.05) is 5.41 Å². The number of hydrogen-bond donors (Lipinski definition) is 4. The Labute approximate surface area is 97.4 Å². The second kappa shape index (κ2) is 4.11. The molecule has 2 saturated carbocycles. The molecule has 8 nitrogen and oxygen atoms in total. The minimum absolute atomic E-state index is 0.172. The fraction of sp³-hybridized carbons (Fsp3) is 1.00. The van der Waals surface area contributed by atoms with Gasteiger partial charge in [-0.05, 0) is 25.2 Å². The molecule has 0 aromatic rings. The summed E-state index contributed by atoms with van der Waals surface area (Å²) in [4.78, 5) is 34.8. The molecule has 0 saturated heterocycles. The largest absolute Gasteiger partial charge is 0.469 e. The van der Waals surface area contributed by atoms with Gasteiger partial charge in [-0.1, -0.05) is 0 Å². The first-order valence-corrected chi connectivity index (χ1v) is 8.12. The van der Waals surface area contributed by atoms with E-state index in [0.717, 1.165) is 6.42 Å². The zero-order valence-electron chi connectivity index (χ0n) is 8.80. The van der Waals surface area contributed by atoms with E-state index in [0.29, 0.717) is 12.8 Å². The SMILES string of the molecule is O=P(O)(O)OCC12CC1CCC2OP(=O)(O)O. The lowest BCUT2D eigenvalue weighted by atomic mass is 10.0. The van der Waals surface area contributed by atoms with Crippen LogP contribution in [0.15, 0.2) is 0 Å². The van der Waals surface area contributed by atoms with Crippen molar-refractivity contribution >= 4 is 15.6 Å². The first-order valence-electron chi connectivity index (χ1n) is 5.06. The summed E-state index contributed by atoms with van der Waals surface area (Å²) in [6.45, 7) is -0.230. The molecule has 0 heterocycles. The Morgan fingerprint density at radius 1 is 1.12 bits per heavy atom. The highest BCUT2D eigenvalue weighted by Crippen LogP contribution is 2.67. The number of phosphoric acid groups is 2. The van der Waals surface area contributed by atoms with E-state index in [2.05, 4.69) is 9.05 Å². The molecule has 0 aliphatic heterocycles. The van der Waals surface area contributed by atoms with Crippen LogP contribution in [-0.2, 0) is 18.2 Å². The van der Waals surface area contributed by atoms with Crippen molar-refractivity contribution in [1.82, 2.24) is 0 Å². The van der Waals surface area contributed by atoms with E-state index < -0.39 is 27.2 Å². The number of phosphoric ester groups is 2. The van der Waals surface area contributed by atoms with Crippen LogP contribution in [0.2, 0.25) is 0 Å². The molecule has 10 heteroatoms. The second-order valence-corrected chi connectivity index (χ2v) is 6.99. The van der Waals surface area contributed by atoms with Crippen LogP contribution >= 0.6 is 15.6 Å². The fourth-order valence-corrected chi connectivity index (χ4v) is 3.68. The Bertz CT molecular complexity index is 399. The Hall–Kier alpha value is 0.220. The summed E-state index contributed by atoms with van der Waals surface area (Å²) in [6, 6.07) is 0. The second-order valence-electron chi connectivity index (χ2n) is 4.56. The molecule has 3 unspecified atom stereocenters. The van der Waals surface area contributed by atoms with Gasteiger partial charge in [-0.2, -0.15) is 0 Å². The molecule has 2 aliphatic carbocycles. The van der Waals surface area contributed by atoms with Crippen molar-refractivity contribution < 1.29 is 37.8 Å². The third kappa shape index (κ3) is 3.16. The summed E-state index contributed by atoms with van der Waals surface area (Å²) in [7, 11) is -9.14. The maximum Gasteiger partial charge on any atom is 0.469 e. The van der Waals surface area contributed by atoms with Crippen LogP contribution in [0.5, 0.6) is 0 Å². The predicted molar refractivity (Wildman–Crippen MR) is 54.7 cm³/mol. The number of rotatable bonds is 5. The van der Waals surface area contributed by atoms with Crippen LogP contribution in [0.25, 0.3) is 0 Å². The Kier molecular flexibility index (Phi) is 3.30. The lowest BCUT2D eigenvalue weighted by Crippen LogP contribution is -2.26. The summed E-state index contributed by atoms with van der Waals surface area (Å²) < 4.78 is 30.5. The maximum absolute atomic E-state index is 10.8. The molecule has 0 aromatic heterocycles. The summed E-state index contributed by atoms with van der Waals surface area (Å²) in [6.07, 6.45) is 1.13. The van der Waals surface area contributed by atoms with Gasteiger partial charge in [-0.15, -0.1) is 0 Å². The standard InChI is InChI=1S/C7H14O8P2/c8-16(9,10)14-4-7-3-5(7)1-2-6(7)15-17(11,12)13/h5-6H,1-4H2,(H2,8,9,10)(H2,11,12,13). The third-order valence-electron chi connectivity index (χ3n) is 3.46. The van der Waals surface area contributed by atoms with Crippen LogP contribution in [-0.4, -0.2) is 32.3 Å². The minimum Gasteiger partial charge on any atom is -0.303 e. The Morgan fingerprint density at radius 2 is 1.76 bits per heavy atom. The molecule has 0 aromatic carbocycles. The first-order chi connectivity index (χ1) is 7.62. The summed E-state index contributed by atoms with van der Waals surface area (Å²) in [5, 5.41) is 0. The topological polar surface area (TPSA) is 134 Å². The van der Waals surface area contributed by atoms with Crippen LogP contribution in [0, 0.1) is 11.3 Å². The minimum atomic E-state index is -4.58. The highest BCUT2D eigenvalue weighted by Gasteiger charge is 2.65. The highest BCUT2D eigenvalue weighted by molar-refractivity contribution is 7.46. The van der Waals surface area contributed by atoms with Crippen molar-refractivity contribution in [3.63, 3.8) is 0 Å². The Morgan fingerprint density at radius 3 is 2.24 bits per heavy atom. The maximum atomic E-state index is 10.8. The van der Waals surface area contributed by atoms with Gasteiger partial charge in [-0.3, -0.25) is 9.05 Å². The van der Waals surface area contributed by atoms with E-state index in [-0.39, 0.29) is 12.5 Å². The van der Waals surface area contributed by atoms with Gasteiger partial charge in [0.25, 0.3) is 0 Å². The van der Waals surface area contributed by atoms with E-state index in [1.165, 1.54) is 0 Å². The van der Waals surface area contributed by atoms with Gasteiger partial charge in [-0.25, -0.2) is 9.13 Å². The molecule has 0 radical (unpaired) electrons. The average molecular weight is 288 g/mol. The zero-order valence-corrected chi connectivity index (χ0v) is 10.6. The fourth-order valence-electron chi connectivity index (χ4n) is 2.62. The van der Waals surface area contributed by atoms with Crippen molar-refractivity contribution in [2.75, 3.05) is 6.61 Å². The summed E-state index contributed by atoms with van der Waals surface area (Å²) >= 11 is 0. The molecule has 17 heavy (non-hydrogen) atoms. The van der Waals surface area contributed by atoms with Gasteiger partial charge < -0.3 is 19.6 Å². The van der Waals surface area contributed by atoms with Crippen LogP contribution in [0.4, 0.5) is 0 Å². The zero-order chi connectivity index (χ0) is 12.9. The van der Waals surface area contributed by atoms with Gasteiger partial charge in [0.2, 0.25) is 0 Å². The summed E-state index contributed by atoms with van der Waals surface area (Å²) in [5.74, 6) is 0.172. The van der Waals surface area contributed by atoms with Crippen molar-refractivity contribution in [2.24, 2.45) is 11.3 Å². The monoisotopic (exact) mass is 288 g/mol.